The van der Waals surface area contributed by atoms with Gasteiger partial charge in [-0.15, -0.1) is 0 Å². The highest BCUT2D eigenvalue weighted by Gasteiger charge is 2.06. The van der Waals surface area contributed by atoms with Gasteiger partial charge in [0.25, 0.3) is 0 Å². The SMILES string of the molecule is N#Cc1c(Oc2ccc(Cl)cc2)cc[nH]c1=S. The smallest absolute Gasteiger partial charge is 0.149 e. The molecule has 3 nitrogen and oxygen atoms in total. The van der Waals surface area contributed by atoms with Gasteiger partial charge in [-0.2, -0.15) is 5.26 Å². The number of pyridine rings is 1. The maximum absolute atomic E-state index is 8.98. The van der Waals surface area contributed by atoms with Crippen LogP contribution in [0, 0.1) is 16.0 Å². The highest BCUT2D eigenvalue weighted by atomic mass is 35.5. The van der Waals surface area contributed by atoms with Crippen molar-refractivity contribution in [2.24, 2.45) is 0 Å². The summed E-state index contributed by atoms with van der Waals surface area (Å²) in [6.07, 6.45) is 1.63. The molecule has 2 aromatic rings. The third-order valence-corrected chi connectivity index (χ3v) is 2.65. The van der Waals surface area contributed by atoms with Crippen LogP contribution in [0.25, 0.3) is 0 Å². The normalized spacial score (nSPS) is 9.65. The summed E-state index contributed by atoms with van der Waals surface area (Å²) in [5.41, 5.74) is 0.317. The molecule has 1 aromatic carbocycles. The average Bonchev–Trinajstić information content (AvgIpc) is 2.32. The molecule has 0 spiro atoms. The molecule has 1 heterocycles. The second kappa shape index (κ2) is 5.00. The van der Waals surface area contributed by atoms with Gasteiger partial charge in [0.2, 0.25) is 0 Å². The number of nitrogens with zero attached hydrogens (tertiary/aromatic N) is 1. The first-order chi connectivity index (χ1) is 8.20. The summed E-state index contributed by atoms with van der Waals surface area (Å²) in [4.78, 5) is 2.78. The van der Waals surface area contributed by atoms with E-state index >= 15 is 0 Å². The Hall–Kier alpha value is -1.83. The molecule has 0 aliphatic carbocycles. The molecule has 17 heavy (non-hydrogen) atoms. The molecular weight excluding hydrogens is 256 g/mol. The van der Waals surface area contributed by atoms with Gasteiger partial charge in [-0.1, -0.05) is 23.8 Å². The zero-order chi connectivity index (χ0) is 12.3. The van der Waals surface area contributed by atoms with Gasteiger partial charge >= 0.3 is 0 Å². The highest BCUT2D eigenvalue weighted by molar-refractivity contribution is 7.71. The number of nitrogens with one attached hydrogen (secondary N) is 1. The molecule has 84 valence electrons. The van der Waals surface area contributed by atoms with Crippen molar-refractivity contribution in [1.29, 1.82) is 5.26 Å². The van der Waals surface area contributed by atoms with Crippen molar-refractivity contribution >= 4 is 23.8 Å². The Kier molecular flexibility index (Phi) is 3.43. The predicted octanol–water partition coefficient (Wildman–Crippen LogP) is 4.06. The van der Waals surface area contributed by atoms with Gasteiger partial charge in [0.15, 0.2) is 0 Å². The fourth-order valence-corrected chi connectivity index (χ4v) is 1.62. The maximum Gasteiger partial charge on any atom is 0.149 e. The third-order valence-electron chi connectivity index (χ3n) is 2.08. The van der Waals surface area contributed by atoms with Crippen molar-refractivity contribution in [3.05, 3.63) is 51.8 Å². The molecule has 2 rings (SSSR count). The molecule has 0 aliphatic rings. The molecule has 5 heteroatoms. The Morgan fingerprint density at radius 2 is 1.94 bits per heavy atom. The Bertz CT molecular complexity index is 628. The second-order valence-electron chi connectivity index (χ2n) is 3.21. The zero-order valence-electron chi connectivity index (χ0n) is 8.61. The number of hydrogen-bond acceptors (Lipinski definition) is 3. The molecule has 0 fully saturated rings. The fourth-order valence-electron chi connectivity index (χ4n) is 1.28. The van der Waals surface area contributed by atoms with Gasteiger partial charge in [-0.25, -0.2) is 0 Å². The largest absolute Gasteiger partial charge is 0.456 e. The number of H-pyrrole nitrogens is 1. The molecule has 0 bridgehead atoms. The Labute approximate surface area is 108 Å². The van der Waals surface area contributed by atoms with E-state index in [2.05, 4.69) is 4.98 Å². The van der Waals surface area contributed by atoms with Gasteiger partial charge in [0, 0.05) is 11.2 Å². The number of nitriles is 1. The minimum Gasteiger partial charge on any atom is -0.456 e. The second-order valence-corrected chi connectivity index (χ2v) is 4.06. The van der Waals surface area contributed by atoms with Crippen LogP contribution in [0.15, 0.2) is 36.5 Å². The van der Waals surface area contributed by atoms with Crippen LogP contribution >= 0.6 is 23.8 Å². The first-order valence-electron chi connectivity index (χ1n) is 4.76. The molecule has 1 aromatic heterocycles. The van der Waals surface area contributed by atoms with Crippen molar-refractivity contribution in [2.75, 3.05) is 0 Å². The first-order valence-corrected chi connectivity index (χ1v) is 5.54. The molecule has 0 atom stereocenters. The van der Waals surface area contributed by atoms with Crippen LogP contribution in [0.3, 0.4) is 0 Å². The molecule has 0 saturated heterocycles. The van der Waals surface area contributed by atoms with Crippen LogP contribution in [0.4, 0.5) is 0 Å². The van der Waals surface area contributed by atoms with Crippen LogP contribution < -0.4 is 4.74 Å². The zero-order valence-corrected chi connectivity index (χ0v) is 10.2. The molecular formula is C12H7ClN2OS. The van der Waals surface area contributed by atoms with Crippen molar-refractivity contribution in [1.82, 2.24) is 4.98 Å². The summed E-state index contributed by atoms with van der Waals surface area (Å²) in [6, 6.07) is 10.5. The number of rotatable bonds is 2. The molecule has 0 unspecified atom stereocenters. The van der Waals surface area contributed by atoms with E-state index in [9.17, 15) is 0 Å². The lowest BCUT2D eigenvalue weighted by molar-refractivity contribution is 0.480. The maximum atomic E-state index is 8.98. The summed E-state index contributed by atoms with van der Waals surface area (Å²) >= 11 is 10.8. The molecule has 1 N–H and O–H groups in total. The fraction of sp³-hybridized carbons (Fsp3) is 0. The molecule has 0 aliphatic heterocycles. The van der Waals surface area contributed by atoms with E-state index in [4.69, 9.17) is 33.8 Å². The van der Waals surface area contributed by atoms with E-state index in [1.165, 1.54) is 0 Å². The van der Waals surface area contributed by atoms with E-state index in [1.807, 2.05) is 6.07 Å². The van der Waals surface area contributed by atoms with Crippen LogP contribution in [0.2, 0.25) is 5.02 Å². The number of ether oxygens (including phenoxy) is 1. The number of hydrogen-bond donors (Lipinski definition) is 1. The standard InChI is InChI=1S/C12H7ClN2OS/c13-8-1-3-9(4-2-8)16-11-5-6-15-12(17)10(11)7-14/h1-6H,(H,15,17). The van der Waals surface area contributed by atoms with E-state index in [0.717, 1.165) is 0 Å². The van der Waals surface area contributed by atoms with Crippen LogP contribution in [-0.4, -0.2) is 4.98 Å². The van der Waals surface area contributed by atoms with Crippen LogP contribution in [0.1, 0.15) is 5.56 Å². The lowest BCUT2D eigenvalue weighted by Crippen LogP contribution is -1.90. The number of aromatic nitrogens is 1. The summed E-state index contributed by atoms with van der Waals surface area (Å²) in [7, 11) is 0. The third kappa shape index (κ3) is 2.64. The van der Waals surface area contributed by atoms with Gasteiger partial charge in [0.05, 0.1) is 0 Å². The highest BCUT2D eigenvalue weighted by Crippen LogP contribution is 2.25. The minimum absolute atomic E-state index is 0.317. The van der Waals surface area contributed by atoms with Gasteiger partial charge in [0.1, 0.15) is 27.8 Å². The lowest BCUT2D eigenvalue weighted by Gasteiger charge is -2.06. The van der Waals surface area contributed by atoms with E-state index in [0.29, 0.717) is 26.7 Å². The summed E-state index contributed by atoms with van der Waals surface area (Å²) in [5, 5.41) is 9.61. The minimum atomic E-state index is 0.317. The van der Waals surface area contributed by atoms with Crippen molar-refractivity contribution < 1.29 is 4.74 Å². The molecule has 0 radical (unpaired) electrons. The van der Waals surface area contributed by atoms with Crippen molar-refractivity contribution in [2.45, 2.75) is 0 Å². The summed E-state index contributed by atoms with van der Waals surface area (Å²) in [6.45, 7) is 0. The summed E-state index contributed by atoms with van der Waals surface area (Å²) in [5.74, 6) is 1.03. The van der Waals surface area contributed by atoms with Gasteiger partial charge in [-0.05, 0) is 30.3 Å². The number of halogens is 1. The Balaban J connectivity index is 2.37. The quantitative estimate of drug-likeness (QED) is 0.830. The first kappa shape index (κ1) is 11.6. The van der Waals surface area contributed by atoms with Crippen LogP contribution in [0.5, 0.6) is 11.5 Å². The average molecular weight is 263 g/mol. The monoisotopic (exact) mass is 262 g/mol. The van der Waals surface area contributed by atoms with Crippen LogP contribution in [-0.2, 0) is 0 Å². The van der Waals surface area contributed by atoms with Gasteiger partial charge in [-0.3, -0.25) is 0 Å². The van der Waals surface area contributed by atoms with E-state index < -0.39 is 0 Å². The topological polar surface area (TPSA) is 48.8 Å². The molecule has 0 saturated carbocycles. The number of benzene rings is 1. The number of aromatic amines is 1. The Morgan fingerprint density at radius 1 is 1.24 bits per heavy atom. The van der Waals surface area contributed by atoms with E-state index in [1.54, 1.807) is 36.5 Å². The predicted molar refractivity (Wildman–Crippen MR) is 67.9 cm³/mol. The van der Waals surface area contributed by atoms with E-state index in [-0.39, 0.29) is 0 Å². The lowest BCUT2D eigenvalue weighted by atomic mass is 10.3. The Morgan fingerprint density at radius 3 is 2.59 bits per heavy atom. The van der Waals surface area contributed by atoms with Crippen molar-refractivity contribution in [3.8, 4) is 17.6 Å². The van der Waals surface area contributed by atoms with Crippen molar-refractivity contribution in [3.63, 3.8) is 0 Å². The molecule has 0 amide bonds. The summed E-state index contributed by atoms with van der Waals surface area (Å²) < 4.78 is 5.93. The van der Waals surface area contributed by atoms with Gasteiger partial charge < -0.3 is 9.72 Å².